The Kier molecular flexibility index (Phi) is 7.43. The highest BCUT2D eigenvalue weighted by atomic mass is 32.1. The zero-order chi connectivity index (χ0) is 23.6. The first-order valence-corrected chi connectivity index (χ1v) is 13.0. The van der Waals surface area contributed by atoms with Gasteiger partial charge in [0.15, 0.2) is 0 Å². The third-order valence-corrected chi connectivity index (χ3v) is 7.83. The Morgan fingerprint density at radius 3 is 2.64 bits per heavy atom. The number of hydrogen-bond donors (Lipinski definition) is 0. The van der Waals surface area contributed by atoms with Crippen molar-refractivity contribution in [3.63, 3.8) is 0 Å². The molecule has 182 valence electrons. The molecule has 0 aromatic carbocycles. The van der Waals surface area contributed by atoms with Crippen LogP contribution in [0, 0.1) is 0 Å². The monoisotopic (exact) mass is 475 g/mol. The molecule has 0 saturated heterocycles. The molecule has 1 atom stereocenters. The molecule has 1 unspecified atom stereocenters. The number of ether oxygens (including phenoxy) is 3. The molecule has 1 amide bonds. The van der Waals surface area contributed by atoms with E-state index in [-0.39, 0.29) is 18.2 Å². The predicted octanol–water partition coefficient (Wildman–Crippen LogP) is 5.70. The second-order valence-electron chi connectivity index (χ2n) is 10.2. The second-order valence-corrected chi connectivity index (χ2v) is 11.2. The van der Waals surface area contributed by atoms with Gasteiger partial charge in [-0.1, -0.05) is 0 Å². The van der Waals surface area contributed by atoms with Crippen LogP contribution in [0.4, 0.5) is 4.79 Å². The minimum Gasteiger partial charge on any atom is -0.474 e. The van der Waals surface area contributed by atoms with Crippen LogP contribution in [0.1, 0.15) is 82.6 Å². The maximum absolute atomic E-state index is 12.4. The van der Waals surface area contributed by atoms with Gasteiger partial charge in [-0.2, -0.15) is 0 Å². The van der Waals surface area contributed by atoms with Gasteiger partial charge in [0.1, 0.15) is 22.9 Å². The van der Waals surface area contributed by atoms with Crippen LogP contribution in [0.3, 0.4) is 0 Å². The number of thiophene rings is 1. The first-order valence-electron chi connectivity index (χ1n) is 12.2. The first kappa shape index (κ1) is 24.2. The fraction of sp³-hybridized carbons (Fsp3) is 0.720. The Morgan fingerprint density at radius 1 is 1.18 bits per heavy atom. The first-order chi connectivity index (χ1) is 15.8. The normalized spacial score (nSPS) is 22.9. The van der Waals surface area contributed by atoms with E-state index in [1.54, 1.807) is 22.6 Å². The van der Waals surface area contributed by atoms with E-state index in [9.17, 15) is 4.79 Å². The maximum atomic E-state index is 12.4. The number of hydrogen-bond acceptors (Lipinski definition) is 7. The molecule has 7 nitrogen and oxygen atoms in total. The fourth-order valence-corrected chi connectivity index (χ4v) is 6.21. The number of aryl methyl sites for hydroxylation is 1. The topological polar surface area (TPSA) is 73.8 Å². The average molecular weight is 476 g/mol. The van der Waals surface area contributed by atoms with E-state index >= 15 is 0 Å². The highest BCUT2D eigenvalue weighted by Crippen LogP contribution is 2.47. The number of carbonyl (C=O) groups excluding carboxylic acids is 1. The van der Waals surface area contributed by atoms with Crippen molar-refractivity contribution < 1.29 is 19.0 Å². The lowest BCUT2D eigenvalue weighted by molar-refractivity contribution is 0.0138. The van der Waals surface area contributed by atoms with E-state index in [0.29, 0.717) is 5.92 Å². The van der Waals surface area contributed by atoms with E-state index in [1.165, 1.54) is 16.9 Å². The van der Waals surface area contributed by atoms with Crippen LogP contribution < -0.4 is 4.74 Å². The van der Waals surface area contributed by atoms with Crippen LogP contribution in [-0.4, -0.2) is 59.0 Å². The standard InChI is InChI=1S/C25H37N3O4S/c1-6-30-14-13-16-7-12-19-20(16)21-22(26-15-27-23(21)33-19)31-18-10-8-17(9-11-18)28(5)24(29)32-25(2,3)4/h15-18H,6-14H2,1-5H3/t16?,17-,18-. The molecule has 0 spiro atoms. The van der Waals surface area contributed by atoms with Crippen LogP contribution in [0.25, 0.3) is 10.2 Å². The third-order valence-electron chi connectivity index (χ3n) is 6.66. The van der Waals surface area contributed by atoms with Gasteiger partial charge in [-0.25, -0.2) is 14.8 Å². The molecule has 2 aliphatic carbocycles. The van der Waals surface area contributed by atoms with Crippen LogP contribution >= 0.6 is 11.3 Å². The molecule has 2 aromatic heterocycles. The molecular formula is C25H37N3O4S. The molecule has 1 saturated carbocycles. The number of rotatable bonds is 7. The van der Waals surface area contributed by atoms with Crippen LogP contribution in [0.5, 0.6) is 5.88 Å². The Morgan fingerprint density at radius 2 is 1.94 bits per heavy atom. The lowest BCUT2D eigenvalue weighted by atomic mass is 9.92. The summed E-state index contributed by atoms with van der Waals surface area (Å²) in [4.78, 5) is 25.8. The van der Waals surface area contributed by atoms with Crippen LogP contribution in [-0.2, 0) is 15.9 Å². The molecule has 4 rings (SSSR count). The number of carbonyl (C=O) groups is 1. The number of fused-ring (bicyclic) bond motifs is 3. The smallest absolute Gasteiger partial charge is 0.410 e. The van der Waals surface area contributed by atoms with Crippen molar-refractivity contribution in [3.8, 4) is 5.88 Å². The molecule has 1 fully saturated rings. The van der Waals surface area contributed by atoms with E-state index in [2.05, 4.69) is 9.97 Å². The van der Waals surface area contributed by atoms with Crippen LogP contribution in [0.15, 0.2) is 6.33 Å². The van der Waals surface area contributed by atoms with Crippen molar-refractivity contribution in [1.82, 2.24) is 14.9 Å². The van der Waals surface area contributed by atoms with Crippen molar-refractivity contribution in [3.05, 3.63) is 16.8 Å². The van der Waals surface area contributed by atoms with E-state index in [4.69, 9.17) is 14.2 Å². The molecule has 0 N–H and O–H groups in total. The summed E-state index contributed by atoms with van der Waals surface area (Å²) in [6.07, 6.45) is 8.35. The Bertz CT molecular complexity index is 962. The molecule has 2 aromatic rings. The summed E-state index contributed by atoms with van der Waals surface area (Å²) in [5.41, 5.74) is 0.911. The van der Waals surface area contributed by atoms with E-state index < -0.39 is 5.60 Å². The minimum atomic E-state index is -0.481. The Balaban J connectivity index is 1.42. The summed E-state index contributed by atoms with van der Waals surface area (Å²) in [7, 11) is 1.84. The summed E-state index contributed by atoms with van der Waals surface area (Å²) in [5.74, 6) is 1.22. The van der Waals surface area contributed by atoms with Crippen molar-refractivity contribution in [1.29, 1.82) is 0 Å². The van der Waals surface area contributed by atoms with Crippen molar-refractivity contribution in [2.45, 2.75) is 96.3 Å². The van der Waals surface area contributed by atoms with Gasteiger partial charge >= 0.3 is 6.09 Å². The van der Waals surface area contributed by atoms with Crippen molar-refractivity contribution in [2.24, 2.45) is 0 Å². The van der Waals surface area contributed by atoms with Gasteiger partial charge in [-0.15, -0.1) is 11.3 Å². The van der Waals surface area contributed by atoms with Crippen LogP contribution in [0.2, 0.25) is 0 Å². The van der Waals surface area contributed by atoms with E-state index in [1.807, 2.05) is 34.7 Å². The molecule has 33 heavy (non-hydrogen) atoms. The summed E-state index contributed by atoms with van der Waals surface area (Å²) in [6.45, 7) is 9.28. The minimum absolute atomic E-state index is 0.102. The predicted molar refractivity (Wildman–Crippen MR) is 130 cm³/mol. The number of nitrogens with zero attached hydrogens (tertiary/aromatic N) is 3. The summed E-state index contributed by atoms with van der Waals surface area (Å²) in [6, 6.07) is 0.179. The Hall–Kier alpha value is -1.93. The van der Waals surface area contributed by atoms with Crippen molar-refractivity contribution in [2.75, 3.05) is 20.3 Å². The zero-order valence-electron chi connectivity index (χ0n) is 20.6. The van der Waals surface area contributed by atoms with Crippen molar-refractivity contribution >= 4 is 27.6 Å². The van der Waals surface area contributed by atoms with Gasteiger partial charge in [0.2, 0.25) is 5.88 Å². The average Bonchev–Trinajstić information content (AvgIpc) is 3.33. The van der Waals surface area contributed by atoms with Gasteiger partial charge in [0, 0.05) is 31.2 Å². The van der Waals surface area contributed by atoms with Gasteiger partial charge < -0.3 is 19.1 Å². The van der Waals surface area contributed by atoms with Gasteiger partial charge in [0.05, 0.1) is 5.39 Å². The largest absolute Gasteiger partial charge is 0.474 e. The lowest BCUT2D eigenvalue weighted by Gasteiger charge is -2.35. The molecular weight excluding hydrogens is 438 g/mol. The van der Waals surface area contributed by atoms with Gasteiger partial charge in [0.25, 0.3) is 0 Å². The fourth-order valence-electron chi connectivity index (χ4n) is 4.98. The molecule has 0 aliphatic heterocycles. The molecule has 2 aliphatic rings. The third kappa shape index (κ3) is 5.60. The summed E-state index contributed by atoms with van der Waals surface area (Å²) in [5, 5.41) is 1.12. The summed E-state index contributed by atoms with van der Waals surface area (Å²) >= 11 is 1.79. The van der Waals surface area contributed by atoms with E-state index in [0.717, 1.165) is 67.8 Å². The molecule has 0 bridgehead atoms. The molecule has 8 heteroatoms. The lowest BCUT2D eigenvalue weighted by Crippen LogP contribution is -2.43. The molecule has 2 heterocycles. The summed E-state index contributed by atoms with van der Waals surface area (Å²) < 4.78 is 17.6. The highest BCUT2D eigenvalue weighted by molar-refractivity contribution is 7.19. The zero-order valence-corrected chi connectivity index (χ0v) is 21.4. The number of amides is 1. The Labute approximate surface area is 200 Å². The SMILES string of the molecule is CCOCCC1CCc2sc3ncnc(O[C@H]4CC[C@H](N(C)C(=O)OC(C)(C)C)CC4)c3c21. The van der Waals surface area contributed by atoms with Gasteiger partial charge in [-0.05, 0) is 84.1 Å². The quantitative estimate of drug-likeness (QED) is 0.478. The van der Waals surface area contributed by atoms with Gasteiger partial charge in [-0.3, -0.25) is 0 Å². The number of aromatic nitrogens is 2. The second kappa shape index (κ2) is 10.1. The molecule has 0 radical (unpaired) electrons. The highest BCUT2D eigenvalue weighted by Gasteiger charge is 2.33. The maximum Gasteiger partial charge on any atom is 0.410 e.